The average molecular weight is 653 g/mol. The van der Waals surface area contributed by atoms with Crippen LogP contribution >= 0.6 is 34.8 Å². The summed E-state index contributed by atoms with van der Waals surface area (Å²) in [7, 11) is 0. The molecule has 0 heterocycles. The Labute approximate surface area is 254 Å². The number of alkyl halides is 2. The van der Waals surface area contributed by atoms with Crippen LogP contribution in [0.5, 0.6) is 0 Å². The van der Waals surface area contributed by atoms with Gasteiger partial charge in [0.15, 0.2) is 5.82 Å². The van der Waals surface area contributed by atoms with E-state index >= 15 is 4.39 Å². The smallest absolute Gasteiger partial charge is 0.424 e. The predicted molar refractivity (Wildman–Crippen MR) is 152 cm³/mol. The number of nitrogens with one attached hydrogen (secondary N) is 2. The van der Waals surface area contributed by atoms with Crippen LogP contribution in [0.2, 0.25) is 5.02 Å². The molecule has 0 radical (unpaired) electrons. The van der Waals surface area contributed by atoms with Gasteiger partial charge in [-0.1, -0.05) is 11.6 Å². The van der Waals surface area contributed by atoms with E-state index < -0.39 is 84.9 Å². The summed E-state index contributed by atoms with van der Waals surface area (Å²) in [6, 6.07) is 2.83. The Balaban J connectivity index is 1.97. The summed E-state index contributed by atoms with van der Waals surface area (Å²) < 4.78 is 53.5. The zero-order chi connectivity index (χ0) is 31.9. The predicted octanol–water partition coefficient (Wildman–Crippen LogP) is 7.82. The number of hydrogen-bond donors (Lipinski definition) is 2. The molecule has 15 heteroatoms. The lowest BCUT2D eigenvalue weighted by Crippen LogP contribution is -2.44. The summed E-state index contributed by atoms with van der Waals surface area (Å²) in [5, 5.41) is 3.80. The van der Waals surface area contributed by atoms with Gasteiger partial charge in [-0.3, -0.25) is 9.59 Å². The molecule has 0 aliphatic heterocycles. The molecule has 4 amide bonds. The average Bonchev–Trinajstić information content (AvgIpc) is 3.45. The fourth-order valence-electron chi connectivity index (χ4n) is 3.43. The SMILES string of the molecule is CC(C)(C)OC(=O)N(C(=O)OC(C)(C)C)c1cc(NC(=O)c2cc(NC(=O)[C@H]3CC3(Cl)Cl)cc(F)c2Cl)c(F)cc1F. The summed E-state index contributed by atoms with van der Waals surface area (Å²) in [6.07, 6.45) is -2.52. The van der Waals surface area contributed by atoms with Gasteiger partial charge in [-0.15, -0.1) is 23.2 Å². The monoisotopic (exact) mass is 651 g/mol. The van der Waals surface area contributed by atoms with Gasteiger partial charge >= 0.3 is 12.2 Å². The van der Waals surface area contributed by atoms with Gasteiger partial charge in [0, 0.05) is 11.8 Å². The van der Waals surface area contributed by atoms with Gasteiger partial charge in [0.2, 0.25) is 5.91 Å². The molecule has 0 saturated heterocycles. The quantitative estimate of drug-likeness (QED) is 0.319. The normalized spacial score (nSPS) is 15.9. The van der Waals surface area contributed by atoms with E-state index in [-0.39, 0.29) is 17.0 Å². The van der Waals surface area contributed by atoms with Crippen molar-refractivity contribution >= 4 is 75.9 Å². The number of nitrogens with zero attached hydrogens (tertiary/aromatic N) is 1. The van der Waals surface area contributed by atoms with E-state index in [9.17, 15) is 28.0 Å². The maximum absolute atomic E-state index is 15.0. The van der Waals surface area contributed by atoms with Gasteiger partial charge in [-0.2, -0.15) is 4.90 Å². The number of ether oxygens (including phenoxy) is 2. The van der Waals surface area contributed by atoms with Crippen molar-refractivity contribution in [1.29, 1.82) is 0 Å². The zero-order valence-electron chi connectivity index (χ0n) is 23.3. The summed E-state index contributed by atoms with van der Waals surface area (Å²) in [4.78, 5) is 51.4. The van der Waals surface area contributed by atoms with E-state index in [2.05, 4.69) is 10.6 Å². The Bertz CT molecular complexity index is 1430. The number of hydrogen-bond acceptors (Lipinski definition) is 6. The molecule has 2 N–H and O–H groups in total. The first-order valence-corrected chi connectivity index (χ1v) is 13.5. The molecule has 0 unspecified atom stereocenters. The van der Waals surface area contributed by atoms with E-state index in [1.54, 1.807) is 0 Å². The lowest BCUT2D eigenvalue weighted by atomic mass is 10.1. The van der Waals surface area contributed by atoms with Crippen molar-refractivity contribution in [3.63, 3.8) is 0 Å². The fraction of sp³-hybridized carbons (Fsp3) is 0.407. The minimum Gasteiger partial charge on any atom is -0.443 e. The van der Waals surface area contributed by atoms with Crippen LogP contribution in [0.4, 0.5) is 39.8 Å². The van der Waals surface area contributed by atoms with Crippen LogP contribution in [0.3, 0.4) is 0 Å². The summed E-state index contributed by atoms with van der Waals surface area (Å²) >= 11 is 17.7. The lowest BCUT2D eigenvalue weighted by molar-refractivity contribution is -0.117. The number of imide groups is 1. The van der Waals surface area contributed by atoms with Crippen molar-refractivity contribution in [2.75, 3.05) is 15.5 Å². The van der Waals surface area contributed by atoms with Crippen LogP contribution in [0, 0.1) is 23.4 Å². The van der Waals surface area contributed by atoms with Gasteiger partial charge < -0.3 is 20.1 Å². The molecule has 1 aliphatic carbocycles. The first-order chi connectivity index (χ1) is 19.1. The van der Waals surface area contributed by atoms with Crippen LogP contribution in [0.1, 0.15) is 58.3 Å². The highest BCUT2D eigenvalue weighted by molar-refractivity contribution is 6.52. The summed E-state index contributed by atoms with van der Waals surface area (Å²) in [6.45, 7) is 8.98. The third-order valence-corrected chi connectivity index (χ3v) is 6.58. The number of rotatable bonds is 5. The molecule has 1 aliphatic rings. The van der Waals surface area contributed by atoms with Crippen LogP contribution in [0.15, 0.2) is 24.3 Å². The Morgan fingerprint density at radius 2 is 1.38 bits per heavy atom. The van der Waals surface area contributed by atoms with Crippen molar-refractivity contribution in [3.8, 4) is 0 Å². The second-order valence-corrected chi connectivity index (χ2v) is 13.3. The number of amides is 4. The van der Waals surface area contributed by atoms with E-state index in [1.807, 2.05) is 0 Å². The number of benzene rings is 2. The molecule has 2 aromatic rings. The fourth-order valence-corrected chi connectivity index (χ4v) is 4.14. The van der Waals surface area contributed by atoms with Gasteiger partial charge in [-0.05, 0) is 66.2 Å². The Hall–Kier alpha value is -3.22. The number of halogens is 6. The van der Waals surface area contributed by atoms with E-state index in [4.69, 9.17) is 44.3 Å². The molecule has 2 aromatic carbocycles. The molecule has 3 rings (SSSR count). The molecule has 42 heavy (non-hydrogen) atoms. The molecular formula is C27H27Cl3F3N3O6. The third-order valence-electron chi connectivity index (χ3n) is 5.36. The molecule has 9 nitrogen and oxygen atoms in total. The van der Waals surface area contributed by atoms with Crippen molar-refractivity contribution in [2.24, 2.45) is 5.92 Å². The molecule has 1 saturated carbocycles. The van der Waals surface area contributed by atoms with Gasteiger partial charge in [0.05, 0.1) is 27.9 Å². The van der Waals surface area contributed by atoms with Crippen LogP contribution in [-0.2, 0) is 14.3 Å². The molecule has 228 valence electrons. The van der Waals surface area contributed by atoms with E-state index in [0.29, 0.717) is 12.1 Å². The molecule has 1 fully saturated rings. The van der Waals surface area contributed by atoms with Crippen molar-refractivity contribution in [1.82, 2.24) is 0 Å². The maximum atomic E-state index is 15.0. The van der Waals surface area contributed by atoms with Crippen LogP contribution < -0.4 is 15.5 Å². The second kappa shape index (κ2) is 11.8. The highest BCUT2D eigenvalue weighted by atomic mass is 35.5. The van der Waals surface area contributed by atoms with Gasteiger partial charge in [0.25, 0.3) is 5.91 Å². The number of carbonyl (C=O) groups excluding carboxylic acids is 4. The third kappa shape index (κ3) is 8.20. The molecule has 0 aromatic heterocycles. The summed E-state index contributed by atoms with van der Waals surface area (Å²) in [5.41, 5.74) is -4.49. The lowest BCUT2D eigenvalue weighted by Gasteiger charge is -2.29. The summed E-state index contributed by atoms with van der Waals surface area (Å²) in [5.74, 6) is -6.35. The topological polar surface area (TPSA) is 114 Å². The Kier molecular flexibility index (Phi) is 9.36. The van der Waals surface area contributed by atoms with E-state index in [0.717, 1.165) is 12.1 Å². The van der Waals surface area contributed by atoms with Gasteiger partial charge in [-0.25, -0.2) is 22.8 Å². The highest BCUT2D eigenvalue weighted by Crippen LogP contribution is 2.53. The van der Waals surface area contributed by atoms with Gasteiger partial charge in [0.1, 0.15) is 27.2 Å². The largest absolute Gasteiger partial charge is 0.443 e. The standard InChI is InChI=1S/C27H27Cl3F3N3O6/c1-25(2,3)41-23(39)36(24(40)42-26(4,5)6)19-10-18(15(31)9-16(19)32)35-21(37)13-7-12(8-17(33)20(13)28)34-22(38)14-11-27(14,29)30/h7-10,14H,11H2,1-6H3,(H,34,38)(H,35,37)/t14-/m1/s1. The number of carbonyl (C=O) groups is 4. The second-order valence-electron chi connectivity index (χ2n) is 11.4. The molecule has 0 bridgehead atoms. The molecular weight excluding hydrogens is 626 g/mol. The van der Waals surface area contributed by atoms with Crippen molar-refractivity contribution in [3.05, 3.63) is 52.3 Å². The zero-order valence-corrected chi connectivity index (χ0v) is 25.5. The van der Waals surface area contributed by atoms with Crippen LogP contribution in [0.25, 0.3) is 0 Å². The molecule has 0 spiro atoms. The first kappa shape index (κ1) is 33.3. The number of anilines is 3. The minimum absolute atomic E-state index is 0.168. The van der Waals surface area contributed by atoms with Crippen molar-refractivity contribution < 1.29 is 41.8 Å². The van der Waals surface area contributed by atoms with Crippen LogP contribution in [-0.4, -0.2) is 39.5 Å². The molecule has 1 atom stereocenters. The Morgan fingerprint density at radius 3 is 1.86 bits per heavy atom. The van der Waals surface area contributed by atoms with Crippen molar-refractivity contribution in [2.45, 2.75) is 63.5 Å². The minimum atomic E-state index is -1.37. The first-order valence-electron chi connectivity index (χ1n) is 12.3. The van der Waals surface area contributed by atoms with E-state index in [1.165, 1.54) is 41.5 Å². The highest BCUT2D eigenvalue weighted by Gasteiger charge is 2.56. The maximum Gasteiger partial charge on any atom is 0.424 e. The Morgan fingerprint density at radius 1 is 0.857 bits per heavy atom.